The number of phenolic OH excluding ortho intramolecular Hbond substituents is 1. The number of para-hydroxylation sites is 1. The summed E-state index contributed by atoms with van der Waals surface area (Å²) in [6.07, 6.45) is 0.581. The summed E-state index contributed by atoms with van der Waals surface area (Å²) in [6, 6.07) is 10.2. The van der Waals surface area contributed by atoms with Crippen LogP contribution in [0.1, 0.15) is 42.6 Å². The summed E-state index contributed by atoms with van der Waals surface area (Å²) in [6.45, 7) is 3.58. The highest BCUT2D eigenvalue weighted by Crippen LogP contribution is 2.39. The zero-order valence-electron chi connectivity index (χ0n) is 17.1. The molecule has 3 N–H and O–H groups in total. The number of phenols is 1. The fourth-order valence-corrected chi connectivity index (χ4v) is 5.25. The lowest BCUT2D eigenvalue weighted by molar-refractivity contribution is -0.152. The van der Waals surface area contributed by atoms with Crippen molar-refractivity contribution in [2.75, 3.05) is 13.1 Å². The largest absolute Gasteiger partial charge is 0.506 e. The third-order valence-corrected chi connectivity index (χ3v) is 7.05. The maximum atomic E-state index is 13.0. The second-order valence-corrected chi connectivity index (χ2v) is 10.4. The van der Waals surface area contributed by atoms with Gasteiger partial charge < -0.3 is 25.0 Å². The van der Waals surface area contributed by atoms with E-state index in [0.29, 0.717) is 49.9 Å². The summed E-state index contributed by atoms with van der Waals surface area (Å²) in [5.74, 6) is -0.784. The number of carboxylic acid groups (broad SMARTS) is 1. The van der Waals surface area contributed by atoms with E-state index in [4.69, 9.17) is 4.74 Å². The van der Waals surface area contributed by atoms with Gasteiger partial charge >= 0.3 is 5.97 Å². The standard InChI is InChI=1S/C22H23I2NO6/c1-21(2,20(28)29)31-17-6-4-3-5-14(17)22(30)7-9-25(10-8-22)19(27)13-11-15(23)18(26)16(24)12-13/h3-6,11-12,26,30H,7-10H2,1-2H3,(H,28,29). The molecule has 0 bridgehead atoms. The summed E-state index contributed by atoms with van der Waals surface area (Å²) >= 11 is 3.98. The van der Waals surface area contributed by atoms with Crippen molar-refractivity contribution in [1.82, 2.24) is 4.90 Å². The number of hydrogen-bond donors (Lipinski definition) is 3. The van der Waals surface area contributed by atoms with Gasteiger partial charge in [0.2, 0.25) is 0 Å². The molecule has 1 heterocycles. The molecular weight excluding hydrogens is 628 g/mol. The van der Waals surface area contributed by atoms with Crippen molar-refractivity contribution in [3.05, 3.63) is 54.7 Å². The van der Waals surface area contributed by atoms with Crippen molar-refractivity contribution in [1.29, 1.82) is 0 Å². The Morgan fingerprint density at radius 2 is 1.65 bits per heavy atom. The molecule has 0 spiro atoms. The Morgan fingerprint density at radius 1 is 1.10 bits per heavy atom. The van der Waals surface area contributed by atoms with Crippen LogP contribution in [0.4, 0.5) is 0 Å². The number of carbonyl (C=O) groups is 2. The number of ether oxygens (including phenoxy) is 1. The lowest BCUT2D eigenvalue weighted by Crippen LogP contribution is -2.46. The molecule has 0 aromatic heterocycles. The second-order valence-electron chi connectivity index (χ2n) is 8.03. The summed E-state index contributed by atoms with van der Waals surface area (Å²) < 4.78 is 6.94. The summed E-state index contributed by atoms with van der Waals surface area (Å²) in [5.41, 5.74) is -1.68. The van der Waals surface area contributed by atoms with Gasteiger partial charge in [-0.3, -0.25) is 4.79 Å². The van der Waals surface area contributed by atoms with E-state index in [1.165, 1.54) is 13.8 Å². The van der Waals surface area contributed by atoms with Crippen molar-refractivity contribution in [2.45, 2.75) is 37.9 Å². The lowest BCUT2D eigenvalue weighted by Gasteiger charge is -2.39. The van der Waals surface area contributed by atoms with E-state index in [2.05, 4.69) is 0 Å². The van der Waals surface area contributed by atoms with Crippen LogP contribution in [0.25, 0.3) is 0 Å². The fourth-order valence-electron chi connectivity index (χ4n) is 3.48. The first-order valence-corrected chi connectivity index (χ1v) is 11.8. The SMILES string of the molecule is CC(C)(Oc1ccccc1C1(O)CCN(C(=O)c2cc(I)c(O)c(I)c2)CC1)C(=O)O. The highest BCUT2D eigenvalue weighted by atomic mass is 127. The molecule has 7 nitrogen and oxygen atoms in total. The Kier molecular flexibility index (Phi) is 7.06. The zero-order valence-corrected chi connectivity index (χ0v) is 21.4. The van der Waals surface area contributed by atoms with Gasteiger partial charge in [-0.15, -0.1) is 0 Å². The summed E-state index contributed by atoms with van der Waals surface area (Å²) in [5, 5.41) is 30.7. The van der Waals surface area contributed by atoms with Crippen molar-refractivity contribution < 1.29 is 29.6 Å². The highest BCUT2D eigenvalue weighted by molar-refractivity contribution is 14.1. The molecule has 3 rings (SSSR count). The number of likely N-dealkylation sites (tertiary alicyclic amines) is 1. The maximum Gasteiger partial charge on any atom is 0.347 e. The summed E-state index contributed by atoms with van der Waals surface area (Å²) in [7, 11) is 0. The van der Waals surface area contributed by atoms with E-state index >= 15 is 0 Å². The van der Waals surface area contributed by atoms with Crippen molar-refractivity contribution >= 4 is 57.1 Å². The van der Waals surface area contributed by atoms with Crippen LogP contribution in [-0.4, -0.2) is 50.8 Å². The molecule has 0 aliphatic carbocycles. The minimum absolute atomic E-state index is 0.158. The van der Waals surface area contributed by atoms with Crippen molar-refractivity contribution in [3.63, 3.8) is 0 Å². The number of carbonyl (C=O) groups excluding carboxylic acids is 1. The number of aliphatic carboxylic acids is 1. The molecule has 1 amide bonds. The second kappa shape index (κ2) is 9.10. The topological polar surface area (TPSA) is 107 Å². The van der Waals surface area contributed by atoms with Gasteiger partial charge in [-0.2, -0.15) is 0 Å². The van der Waals surface area contributed by atoms with Crippen LogP contribution >= 0.6 is 45.2 Å². The van der Waals surface area contributed by atoms with Crippen LogP contribution < -0.4 is 4.74 Å². The number of piperidine rings is 1. The normalized spacial score (nSPS) is 16.1. The van der Waals surface area contributed by atoms with Gasteiger partial charge in [0, 0.05) is 24.2 Å². The Bertz CT molecular complexity index is 992. The lowest BCUT2D eigenvalue weighted by atomic mass is 9.83. The monoisotopic (exact) mass is 651 g/mol. The fraction of sp³-hybridized carbons (Fsp3) is 0.364. The van der Waals surface area contributed by atoms with Crippen molar-refractivity contribution in [2.24, 2.45) is 0 Å². The average Bonchev–Trinajstić information content (AvgIpc) is 2.71. The first-order valence-electron chi connectivity index (χ1n) is 9.66. The molecule has 166 valence electrons. The van der Waals surface area contributed by atoms with Gasteiger partial charge in [-0.1, -0.05) is 18.2 Å². The molecule has 1 fully saturated rings. The van der Waals surface area contributed by atoms with Gasteiger partial charge in [0.25, 0.3) is 5.91 Å². The zero-order chi connectivity index (χ0) is 23.0. The van der Waals surface area contributed by atoms with Crippen LogP contribution in [0.3, 0.4) is 0 Å². The Balaban J connectivity index is 1.79. The van der Waals surface area contributed by atoms with Crippen LogP contribution in [0.5, 0.6) is 11.5 Å². The molecule has 31 heavy (non-hydrogen) atoms. The van der Waals surface area contributed by atoms with Gasteiger partial charge in [-0.05, 0) is 90.1 Å². The average molecular weight is 651 g/mol. The van der Waals surface area contributed by atoms with Crippen LogP contribution in [0.2, 0.25) is 0 Å². The molecule has 1 aliphatic heterocycles. The number of aliphatic hydroxyl groups is 1. The maximum absolute atomic E-state index is 13.0. The van der Waals surface area contributed by atoms with Gasteiger partial charge in [0.1, 0.15) is 11.5 Å². The number of amides is 1. The summed E-state index contributed by atoms with van der Waals surface area (Å²) in [4.78, 5) is 26.1. The third kappa shape index (κ3) is 5.08. The Hall–Kier alpha value is -1.60. The Labute approximate surface area is 207 Å². The first kappa shape index (κ1) is 24.1. The predicted octanol–water partition coefficient (Wildman–Crippen LogP) is 3.97. The molecule has 9 heteroatoms. The molecule has 2 aromatic carbocycles. The van der Waals surface area contributed by atoms with Crippen LogP contribution in [-0.2, 0) is 10.4 Å². The predicted molar refractivity (Wildman–Crippen MR) is 131 cm³/mol. The number of nitrogens with zero attached hydrogens (tertiary/aromatic N) is 1. The molecular formula is C22H23I2NO6. The van der Waals surface area contributed by atoms with E-state index in [0.717, 1.165) is 0 Å². The van der Waals surface area contributed by atoms with Crippen LogP contribution in [0, 0.1) is 7.14 Å². The van der Waals surface area contributed by atoms with E-state index in [-0.39, 0.29) is 11.7 Å². The number of aromatic hydroxyl groups is 1. The number of benzene rings is 2. The number of hydrogen-bond acceptors (Lipinski definition) is 5. The van der Waals surface area contributed by atoms with Crippen LogP contribution in [0.15, 0.2) is 36.4 Å². The van der Waals surface area contributed by atoms with Gasteiger partial charge in [0.05, 0.1) is 12.7 Å². The minimum atomic E-state index is -1.45. The first-order chi connectivity index (χ1) is 14.4. The molecule has 1 saturated heterocycles. The minimum Gasteiger partial charge on any atom is -0.506 e. The molecule has 0 atom stereocenters. The quantitative estimate of drug-likeness (QED) is 0.423. The van der Waals surface area contributed by atoms with E-state index in [1.807, 2.05) is 45.2 Å². The van der Waals surface area contributed by atoms with Crippen molar-refractivity contribution in [3.8, 4) is 11.5 Å². The van der Waals surface area contributed by atoms with Gasteiger partial charge in [-0.25, -0.2) is 4.79 Å². The van der Waals surface area contributed by atoms with Gasteiger partial charge in [0.15, 0.2) is 5.60 Å². The van der Waals surface area contributed by atoms with E-state index < -0.39 is 17.2 Å². The van der Waals surface area contributed by atoms with E-state index in [9.17, 15) is 24.9 Å². The third-order valence-electron chi connectivity index (χ3n) is 5.41. The molecule has 0 radical (unpaired) electrons. The Morgan fingerprint density at radius 3 is 2.19 bits per heavy atom. The molecule has 0 unspecified atom stereocenters. The smallest absolute Gasteiger partial charge is 0.347 e. The van der Waals surface area contributed by atoms with E-state index in [1.54, 1.807) is 41.3 Å². The molecule has 2 aromatic rings. The number of rotatable bonds is 5. The highest BCUT2D eigenvalue weighted by Gasteiger charge is 2.39. The number of carboxylic acids is 1. The number of halogens is 2. The molecule has 1 aliphatic rings. The molecule has 0 saturated carbocycles.